The standard InChI is InChI=1S/C74H51NSSi/c1-77(2)73-46-61(60-36-42-72-68(45-60)63-15-9-10-16-71(63)76-72)33-38-64(73)65-39-37-62(47-74(65)77)75-69-40-34-58(56-29-25-54(26-30-56)52-21-17-50(18-22-52)48-11-5-3-6-12-48)43-66(69)67-44-59(35-41-70(67)75)57-31-27-55(28-32-57)53-23-19-51(20-24-53)49-13-7-4-8-14-49/h3-47H,1-2H3. The minimum Gasteiger partial charge on any atom is -0.309 e. The van der Waals surface area contributed by atoms with Gasteiger partial charge in [0.05, 0.1) is 11.0 Å². The fourth-order valence-corrected chi connectivity index (χ4v) is 16.5. The number of rotatable bonds is 8. The highest BCUT2D eigenvalue weighted by Gasteiger charge is 2.38. The molecule has 362 valence electrons. The summed E-state index contributed by atoms with van der Waals surface area (Å²) in [6.45, 7) is 5.09. The van der Waals surface area contributed by atoms with Crippen LogP contribution >= 0.6 is 11.3 Å². The van der Waals surface area contributed by atoms with E-state index in [2.05, 4.69) is 291 Å². The third-order valence-corrected chi connectivity index (χ3v) is 21.2. The molecule has 1 aliphatic rings. The van der Waals surface area contributed by atoms with E-state index in [1.54, 1.807) is 0 Å². The molecule has 0 unspecified atom stereocenters. The van der Waals surface area contributed by atoms with Crippen LogP contribution in [0.2, 0.25) is 13.1 Å². The van der Waals surface area contributed by atoms with Gasteiger partial charge in [-0.2, -0.15) is 0 Å². The number of aromatic nitrogens is 1. The van der Waals surface area contributed by atoms with Gasteiger partial charge in [0, 0.05) is 36.6 Å². The maximum atomic E-state index is 2.54. The van der Waals surface area contributed by atoms with Crippen molar-refractivity contribution in [2.75, 3.05) is 0 Å². The van der Waals surface area contributed by atoms with Crippen LogP contribution in [0.15, 0.2) is 273 Å². The summed E-state index contributed by atoms with van der Waals surface area (Å²) in [5.41, 5.74) is 23.5. The second kappa shape index (κ2) is 18.0. The Morgan fingerprint density at radius 3 is 1.10 bits per heavy atom. The van der Waals surface area contributed by atoms with Gasteiger partial charge < -0.3 is 4.57 Å². The highest BCUT2D eigenvalue weighted by atomic mass is 32.1. The van der Waals surface area contributed by atoms with Crippen molar-refractivity contribution in [2.45, 2.75) is 13.1 Å². The average molecular weight is 1010 g/mol. The topological polar surface area (TPSA) is 4.93 Å². The number of nitrogens with zero attached hydrogens (tertiary/aromatic N) is 1. The van der Waals surface area contributed by atoms with E-state index >= 15 is 0 Å². The third-order valence-electron chi connectivity index (χ3n) is 16.5. The monoisotopic (exact) mass is 1010 g/mol. The molecule has 0 bridgehead atoms. The number of hydrogen-bond donors (Lipinski definition) is 0. The smallest absolute Gasteiger partial charge is 0.113 e. The zero-order valence-electron chi connectivity index (χ0n) is 42.8. The van der Waals surface area contributed by atoms with Gasteiger partial charge in [0.15, 0.2) is 0 Å². The minimum atomic E-state index is -2.12. The lowest BCUT2D eigenvalue weighted by Gasteiger charge is -2.20. The number of fused-ring (bicyclic) bond motifs is 9. The molecule has 0 saturated carbocycles. The van der Waals surface area contributed by atoms with Crippen LogP contribution in [0.1, 0.15) is 0 Å². The fraction of sp³-hybridized carbons (Fsp3) is 0.0270. The molecule has 0 saturated heterocycles. The lowest BCUT2D eigenvalue weighted by atomic mass is 9.96. The summed E-state index contributed by atoms with van der Waals surface area (Å²) in [6, 6.07) is 102. The van der Waals surface area contributed by atoms with Gasteiger partial charge in [0.2, 0.25) is 0 Å². The predicted molar refractivity (Wildman–Crippen MR) is 334 cm³/mol. The van der Waals surface area contributed by atoms with E-state index in [0.717, 1.165) is 0 Å². The molecule has 1 aliphatic heterocycles. The lowest BCUT2D eigenvalue weighted by molar-refractivity contribution is 1.18. The molecule has 0 spiro atoms. The lowest BCUT2D eigenvalue weighted by Crippen LogP contribution is -2.49. The highest BCUT2D eigenvalue weighted by molar-refractivity contribution is 7.25. The molecule has 0 aliphatic carbocycles. The molecule has 3 heteroatoms. The zero-order valence-corrected chi connectivity index (χ0v) is 44.7. The molecule has 0 fully saturated rings. The van der Waals surface area contributed by atoms with E-state index < -0.39 is 8.07 Å². The summed E-state index contributed by atoms with van der Waals surface area (Å²) in [7, 11) is -2.12. The Balaban J connectivity index is 0.802. The second-order valence-corrected chi connectivity index (χ2v) is 26.7. The Hall–Kier alpha value is -9.12. The quantitative estimate of drug-likeness (QED) is 0.134. The van der Waals surface area contributed by atoms with Crippen molar-refractivity contribution in [3.63, 3.8) is 0 Å². The van der Waals surface area contributed by atoms with Crippen LogP contribution in [0.4, 0.5) is 0 Å². The van der Waals surface area contributed by atoms with Crippen molar-refractivity contribution in [3.8, 4) is 94.7 Å². The van der Waals surface area contributed by atoms with Crippen LogP contribution < -0.4 is 10.4 Å². The number of thiophene rings is 1. The van der Waals surface area contributed by atoms with Crippen molar-refractivity contribution >= 4 is 71.8 Å². The number of hydrogen-bond acceptors (Lipinski definition) is 1. The molecular formula is C74H51NSSi. The summed E-state index contributed by atoms with van der Waals surface area (Å²) < 4.78 is 5.20. The van der Waals surface area contributed by atoms with Crippen LogP contribution in [-0.2, 0) is 0 Å². The molecule has 77 heavy (non-hydrogen) atoms. The molecule has 0 amide bonds. The first-order valence-electron chi connectivity index (χ1n) is 26.7. The molecule has 15 rings (SSSR count). The van der Waals surface area contributed by atoms with E-state index in [0.29, 0.717) is 0 Å². The summed E-state index contributed by atoms with van der Waals surface area (Å²) >= 11 is 1.88. The first-order chi connectivity index (χ1) is 37.9. The van der Waals surface area contributed by atoms with Gasteiger partial charge in [0.1, 0.15) is 8.07 Å². The van der Waals surface area contributed by atoms with Crippen molar-refractivity contribution in [3.05, 3.63) is 273 Å². The van der Waals surface area contributed by atoms with Crippen molar-refractivity contribution in [1.29, 1.82) is 0 Å². The fourth-order valence-electron chi connectivity index (χ4n) is 12.3. The van der Waals surface area contributed by atoms with E-state index in [1.807, 2.05) is 11.3 Å². The molecule has 14 aromatic rings. The largest absolute Gasteiger partial charge is 0.309 e. The van der Waals surface area contributed by atoms with Gasteiger partial charge in [-0.15, -0.1) is 11.3 Å². The van der Waals surface area contributed by atoms with E-state index in [9.17, 15) is 0 Å². The first kappa shape index (κ1) is 45.3. The molecule has 0 atom stereocenters. The van der Waals surface area contributed by atoms with Crippen LogP contribution in [0.5, 0.6) is 0 Å². The Morgan fingerprint density at radius 1 is 0.260 bits per heavy atom. The maximum Gasteiger partial charge on any atom is 0.113 e. The summed E-state index contributed by atoms with van der Waals surface area (Å²) in [4.78, 5) is 0. The van der Waals surface area contributed by atoms with Crippen LogP contribution in [-0.4, -0.2) is 12.6 Å². The van der Waals surface area contributed by atoms with E-state index in [4.69, 9.17) is 0 Å². The molecule has 0 radical (unpaired) electrons. The van der Waals surface area contributed by atoms with Crippen LogP contribution in [0.3, 0.4) is 0 Å². The van der Waals surface area contributed by atoms with Gasteiger partial charge in [-0.3, -0.25) is 0 Å². The van der Waals surface area contributed by atoms with Crippen molar-refractivity contribution in [1.82, 2.24) is 4.57 Å². The predicted octanol–water partition coefficient (Wildman–Crippen LogP) is 19.6. The Labute approximate surface area is 454 Å². The van der Waals surface area contributed by atoms with Gasteiger partial charge >= 0.3 is 0 Å². The summed E-state index contributed by atoms with van der Waals surface area (Å²) in [6.07, 6.45) is 0. The Kier molecular flexibility index (Phi) is 10.6. The molecule has 0 N–H and O–H groups in total. The molecule has 2 aromatic heterocycles. The first-order valence-corrected chi connectivity index (χ1v) is 30.5. The average Bonchev–Trinajstić information content (AvgIpc) is 4.21. The van der Waals surface area contributed by atoms with Gasteiger partial charge in [0.25, 0.3) is 0 Å². The second-order valence-electron chi connectivity index (χ2n) is 21.3. The minimum absolute atomic E-state index is 1.20. The summed E-state index contributed by atoms with van der Waals surface area (Å²) in [5, 5.41) is 8.18. The van der Waals surface area contributed by atoms with Gasteiger partial charge in [-0.25, -0.2) is 0 Å². The summed E-state index contributed by atoms with van der Waals surface area (Å²) in [5.74, 6) is 0. The van der Waals surface area contributed by atoms with Gasteiger partial charge in [-0.1, -0.05) is 231 Å². The Bertz CT molecular complexity index is 4400. The van der Waals surface area contributed by atoms with Gasteiger partial charge in [-0.05, 0) is 154 Å². The highest BCUT2D eigenvalue weighted by Crippen LogP contribution is 2.41. The van der Waals surface area contributed by atoms with Crippen LogP contribution in [0.25, 0.3) is 137 Å². The zero-order chi connectivity index (χ0) is 51.2. The molecule has 12 aromatic carbocycles. The molecule has 3 heterocycles. The van der Waals surface area contributed by atoms with Crippen molar-refractivity contribution < 1.29 is 0 Å². The maximum absolute atomic E-state index is 2.54. The molecular weight excluding hydrogens is 963 g/mol. The van der Waals surface area contributed by atoms with E-state index in [-0.39, 0.29) is 0 Å². The van der Waals surface area contributed by atoms with Crippen molar-refractivity contribution in [2.24, 2.45) is 0 Å². The Morgan fingerprint density at radius 2 is 0.597 bits per heavy atom. The number of benzene rings is 12. The SMILES string of the molecule is C[Si]1(C)c2cc(-c3ccc4sc5ccccc5c4c3)ccc2-c2ccc(-n3c4ccc(-c5ccc(-c6ccc(-c7ccccc7)cc6)cc5)cc4c4cc(-c5ccc(-c6ccc(-c7ccccc7)cc6)cc5)ccc43)cc21. The van der Waals surface area contributed by atoms with E-state index in [1.165, 1.54) is 147 Å². The normalized spacial score (nSPS) is 12.6. The molecule has 1 nitrogen and oxygen atoms in total. The third kappa shape index (κ3) is 7.73. The van der Waals surface area contributed by atoms with Crippen LogP contribution in [0, 0.1) is 0 Å².